The van der Waals surface area contributed by atoms with Crippen molar-refractivity contribution in [2.75, 3.05) is 26.9 Å². The van der Waals surface area contributed by atoms with Gasteiger partial charge in [-0.2, -0.15) is 0 Å². The molecule has 1 aromatic rings. The number of aliphatic hydroxyl groups excluding tert-OH is 2. The Balaban J connectivity index is 2.74. The monoisotopic (exact) mass is 269 g/mol. The predicted molar refractivity (Wildman–Crippen MR) is 73.6 cm³/mol. The molecule has 3 N–H and O–H groups in total. The molecule has 0 atom stereocenters. The fraction of sp³-hybridized carbons (Fsp3) is 0.571. The third-order valence-corrected chi connectivity index (χ3v) is 2.95. The number of aliphatic hydroxyl groups is 2. The van der Waals surface area contributed by atoms with Gasteiger partial charge < -0.3 is 25.0 Å². The Morgan fingerprint density at radius 3 is 2.42 bits per heavy atom. The first-order valence-electron chi connectivity index (χ1n) is 6.35. The molecule has 108 valence electrons. The van der Waals surface area contributed by atoms with Crippen LogP contribution < -0.4 is 14.8 Å². The van der Waals surface area contributed by atoms with Crippen LogP contribution in [0.15, 0.2) is 18.2 Å². The van der Waals surface area contributed by atoms with E-state index in [0.29, 0.717) is 24.7 Å². The minimum Gasteiger partial charge on any atom is -0.493 e. The van der Waals surface area contributed by atoms with Crippen molar-refractivity contribution in [1.29, 1.82) is 0 Å². The van der Waals surface area contributed by atoms with Gasteiger partial charge in [-0.15, -0.1) is 0 Å². The molecule has 0 spiro atoms. The number of benzene rings is 1. The largest absolute Gasteiger partial charge is 0.493 e. The van der Waals surface area contributed by atoms with Crippen LogP contribution in [-0.4, -0.2) is 42.7 Å². The smallest absolute Gasteiger partial charge is 0.161 e. The van der Waals surface area contributed by atoms with Gasteiger partial charge in [0.1, 0.15) is 0 Å². The average molecular weight is 269 g/mol. The highest BCUT2D eigenvalue weighted by Gasteiger charge is 2.21. The predicted octanol–water partition coefficient (Wildman–Crippen LogP) is 0.927. The molecule has 5 nitrogen and oxygen atoms in total. The summed E-state index contributed by atoms with van der Waals surface area (Å²) in [6, 6.07) is 5.66. The second-order valence-corrected chi connectivity index (χ2v) is 4.65. The van der Waals surface area contributed by atoms with E-state index in [1.165, 1.54) is 0 Å². The molecule has 0 radical (unpaired) electrons. The second-order valence-electron chi connectivity index (χ2n) is 4.65. The van der Waals surface area contributed by atoms with Crippen LogP contribution in [0, 0.1) is 0 Å². The van der Waals surface area contributed by atoms with Crippen molar-refractivity contribution in [1.82, 2.24) is 5.32 Å². The zero-order valence-corrected chi connectivity index (χ0v) is 11.8. The Morgan fingerprint density at radius 1 is 1.21 bits per heavy atom. The topological polar surface area (TPSA) is 71.0 Å². The molecule has 0 saturated carbocycles. The lowest BCUT2D eigenvalue weighted by atomic mass is 10.0. The van der Waals surface area contributed by atoms with Gasteiger partial charge in [-0.05, 0) is 31.5 Å². The lowest BCUT2D eigenvalue weighted by Gasteiger charge is -2.26. The quantitative estimate of drug-likeness (QED) is 0.655. The number of hydrogen-bond acceptors (Lipinski definition) is 5. The molecule has 0 aliphatic heterocycles. The molecule has 0 aromatic heterocycles. The Kier molecular flexibility index (Phi) is 6.08. The highest BCUT2D eigenvalue weighted by atomic mass is 16.5. The van der Waals surface area contributed by atoms with E-state index < -0.39 is 5.54 Å². The maximum atomic E-state index is 9.21. The zero-order chi connectivity index (χ0) is 14.3. The maximum Gasteiger partial charge on any atom is 0.161 e. The summed E-state index contributed by atoms with van der Waals surface area (Å²) in [6.45, 7) is 4.54. The molecule has 0 unspecified atom stereocenters. The van der Waals surface area contributed by atoms with Crippen molar-refractivity contribution in [3.63, 3.8) is 0 Å². The number of ether oxygens (including phenoxy) is 2. The lowest BCUT2D eigenvalue weighted by Crippen LogP contribution is -2.48. The first-order valence-corrected chi connectivity index (χ1v) is 6.35. The van der Waals surface area contributed by atoms with Crippen LogP contribution in [0.4, 0.5) is 0 Å². The molecule has 0 amide bonds. The van der Waals surface area contributed by atoms with Crippen molar-refractivity contribution < 1.29 is 19.7 Å². The minimum absolute atomic E-state index is 0.127. The van der Waals surface area contributed by atoms with Crippen molar-refractivity contribution >= 4 is 0 Å². The van der Waals surface area contributed by atoms with E-state index in [-0.39, 0.29) is 13.2 Å². The standard InChI is InChI=1S/C14H23NO4/c1-4-19-12-6-5-11(7-13(12)18-3)8-15-14(2,9-16)10-17/h5-7,15-17H,4,8-10H2,1-3H3. The summed E-state index contributed by atoms with van der Waals surface area (Å²) in [7, 11) is 1.60. The lowest BCUT2D eigenvalue weighted by molar-refractivity contribution is 0.103. The molecule has 0 saturated heterocycles. The van der Waals surface area contributed by atoms with E-state index in [1.54, 1.807) is 14.0 Å². The maximum absolute atomic E-state index is 9.21. The van der Waals surface area contributed by atoms with Crippen molar-refractivity contribution in [2.45, 2.75) is 25.9 Å². The number of hydrogen-bond donors (Lipinski definition) is 3. The van der Waals surface area contributed by atoms with Crippen molar-refractivity contribution in [2.24, 2.45) is 0 Å². The van der Waals surface area contributed by atoms with Gasteiger partial charge in [-0.25, -0.2) is 0 Å². The molecule has 0 aliphatic rings. The molecule has 1 aromatic carbocycles. The summed E-state index contributed by atoms with van der Waals surface area (Å²) < 4.78 is 10.7. The molecule has 1 rings (SSSR count). The van der Waals surface area contributed by atoms with Gasteiger partial charge in [0.15, 0.2) is 11.5 Å². The van der Waals surface area contributed by atoms with Gasteiger partial charge in [-0.3, -0.25) is 0 Å². The van der Waals surface area contributed by atoms with Gasteiger partial charge in [0.25, 0.3) is 0 Å². The fourth-order valence-corrected chi connectivity index (χ4v) is 1.57. The molecule has 0 heterocycles. The van der Waals surface area contributed by atoms with Crippen LogP contribution in [0.3, 0.4) is 0 Å². The van der Waals surface area contributed by atoms with E-state index in [2.05, 4.69) is 5.32 Å². The van der Waals surface area contributed by atoms with Crippen molar-refractivity contribution in [3.8, 4) is 11.5 Å². The zero-order valence-electron chi connectivity index (χ0n) is 11.8. The van der Waals surface area contributed by atoms with Crippen LogP contribution in [0.25, 0.3) is 0 Å². The van der Waals surface area contributed by atoms with Crippen LogP contribution in [-0.2, 0) is 6.54 Å². The third kappa shape index (κ3) is 4.38. The first kappa shape index (κ1) is 15.8. The average Bonchev–Trinajstić information content (AvgIpc) is 2.46. The summed E-state index contributed by atoms with van der Waals surface area (Å²) in [5, 5.41) is 21.5. The summed E-state index contributed by atoms with van der Waals surface area (Å²) in [5.41, 5.74) is 0.305. The number of rotatable bonds is 8. The third-order valence-electron chi connectivity index (χ3n) is 2.95. The molecule has 0 fully saturated rings. The number of nitrogens with one attached hydrogen (secondary N) is 1. The minimum atomic E-state index is -0.689. The fourth-order valence-electron chi connectivity index (χ4n) is 1.57. The van der Waals surface area contributed by atoms with Gasteiger partial charge >= 0.3 is 0 Å². The van der Waals surface area contributed by atoms with Gasteiger partial charge in [0.05, 0.1) is 32.5 Å². The highest BCUT2D eigenvalue weighted by Crippen LogP contribution is 2.28. The summed E-state index contributed by atoms with van der Waals surface area (Å²) >= 11 is 0. The van der Waals surface area contributed by atoms with Crippen LogP contribution in [0.1, 0.15) is 19.4 Å². The number of methoxy groups -OCH3 is 1. The molecule has 19 heavy (non-hydrogen) atoms. The normalized spacial score (nSPS) is 11.4. The molecule has 0 bridgehead atoms. The van der Waals surface area contributed by atoms with Gasteiger partial charge in [-0.1, -0.05) is 6.07 Å². The molecule has 5 heteroatoms. The first-order chi connectivity index (χ1) is 9.08. The van der Waals surface area contributed by atoms with E-state index >= 15 is 0 Å². The molecule has 0 aliphatic carbocycles. The Bertz CT molecular complexity index is 391. The van der Waals surface area contributed by atoms with E-state index in [9.17, 15) is 10.2 Å². The summed E-state index contributed by atoms with van der Waals surface area (Å²) in [4.78, 5) is 0. The Morgan fingerprint density at radius 2 is 1.89 bits per heavy atom. The van der Waals surface area contributed by atoms with Crippen LogP contribution in [0.5, 0.6) is 11.5 Å². The van der Waals surface area contributed by atoms with E-state index in [4.69, 9.17) is 9.47 Å². The molecular weight excluding hydrogens is 246 g/mol. The van der Waals surface area contributed by atoms with Crippen LogP contribution in [0.2, 0.25) is 0 Å². The van der Waals surface area contributed by atoms with E-state index in [1.807, 2.05) is 25.1 Å². The van der Waals surface area contributed by atoms with Crippen LogP contribution >= 0.6 is 0 Å². The van der Waals surface area contributed by atoms with Gasteiger partial charge in [0.2, 0.25) is 0 Å². The SMILES string of the molecule is CCOc1ccc(CNC(C)(CO)CO)cc1OC. The highest BCUT2D eigenvalue weighted by molar-refractivity contribution is 5.42. The molecular formula is C14H23NO4. The summed E-state index contributed by atoms with van der Waals surface area (Å²) in [6.07, 6.45) is 0. The second kappa shape index (κ2) is 7.33. The van der Waals surface area contributed by atoms with Gasteiger partial charge in [0, 0.05) is 6.54 Å². The Hall–Kier alpha value is -1.30. The van der Waals surface area contributed by atoms with E-state index in [0.717, 1.165) is 5.56 Å². The van der Waals surface area contributed by atoms with Crippen molar-refractivity contribution in [3.05, 3.63) is 23.8 Å². The summed E-state index contributed by atoms with van der Waals surface area (Å²) in [5.74, 6) is 1.39. The Labute approximate surface area is 114 Å².